The molecule has 0 fully saturated rings. The van der Waals surface area contributed by atoms with Crippen LogP contribution in [0.25, 0.3) is 0 Å². The van der Waals surface area contributed by atoms with E-state index in [1.54, 1.807) is 0 Å². The van der Waals surface area contributed by atoms with Crippen molar-refractivity contribution in [2.75, 3.05) is 12.8 Å². The summed E-state index contributed by atoms with van der Waals surface area (Å²) in [5, 5.41) is 0. The van der Waals surface area contributed by atoms with E-state index < -0.39 is 22.2 Å². The minimum Gasteiger partial charge on any atom is -0.330 e. The lowest BCUT2D eigenvalue weighted by Gasteiger charge is -2.14. The van der Waals surface area contributed by atoms with Gasteiger partial charge in [0.15, 0.2) is 9.84 Å². The molecule has 1 rings (SSSR count). The van der Waals surface area contributed by atoms with Crippen molar-refractivity contribution >= 4 is 9.84 Å². The van der Waals surface area contributed by atoms with E-state index in [1.165, 1.54) is 24.3 Å². The molecule has 0 bridgehead atoms. The van der Waals surface area contributed by atoms with Crippen molar-refractivity contribution in [3.8, 4) is 0 Å². The van der Waals surface area contributed by atoms with Gasteiger partial charge in [-0.1, -0.05) is 12.1 Å². The minimum atomic E-state index is -3.29. The molecule has 0 aliphatic rings. The monoisotopic (exact) mass is 249 g/mol. The van der Waals surface area contributed by atoms with Crippen molar-refractivity contribution in [3.63, 3.8) is 0 Å². The Morgan fingerprint density at radius 3 is 2.06 bits per heavy atom. The first-order valence-electron chi connectivity index (χ1n) is 4.64. The van der Waals surface area contributed by atoms with Crippen LogP contribution in [-0.2, 0) is 9.84 Å². The van der Waals surface area contributed by atoms with Crippen LogP contribution in [0.3, 0.4) is 0 Å². The lowest BCUT2D eigenvalue weighted by atomic mass is 10.0. The molecule has 0 aromatic heterocycles. The molecule has 1 atom stereocenters. The van der Waals surface area contributed by atoms with Crippen molar-refractivity contribution in [2.45, 2.75) is 17.2 Å². The third-order valence-electron chi connectivity index (χ3n) is 2.29. The Hall–Kier alpha value is -1.01. The molecule has 1 aromatic carbocycles. The molecule has 6 heteroatoms. The van der Waals surface area contributed by atoms with E-state index in [1.807, 2.05) is 0 Å². The maximum Gasteiger partial charge on any atom is 0.246 e. The van der Waals surface area contributed by atoms with Crippen LogP contribution in [0.15, 0.2) is 29.2 Å². The van der Waals surface area contributed by atoms with Gasteiger partial charge in [-0.05, 0) is 17.7 Å². The Labute approximate surface area is 93.2 Å². The highest BCUT2D eigenvalue weighted by Crippen LogP contribution is 2.23. The standard InChI is InChI=1S/C10H13F2NO2S/c1-16(14,15)8-4-2-7(3-5-8)9(6-13)10(11)12/h2-5,9-10H,6,13H2,1H3. The average molecular weight is 249 g/mol. The molecule has 0 saturated heterocycles. The number of hydrogen-bond acceptors (Lipinski definition) is 3. The number of rotatable bonds is 4. The van der Waals surface area contributed by atoms with Crippen molar-refractivity contribution in [2.24, 2.45) is 5.73 Å². The molecule has 0 radical (unpaired) electrons. The molecule has 3 nitrogen and oxygen atoms in total. The van der Waals surface area contributed by atoms with E-state index in [2.05, 4.69) is 0 Å². The molecule has 1 unspecified atom stereocenters. The van der Waals surface area contributed by atoms with Crippen LogP contribution in [-0.4, -0.2) is 27.6 Å². The summed E-state index contributed by atoms with van der Waals surface area (Å²) in [5.41, 5.74) is 5.58. The average Bonchev–Trinajstić information content (AvgIpc) is 2.17. The zero-order valence-electron chi connectivity index (χ0n) is 8.73. The van der Waals surface area contributed by atoms with E-state index in [0.717, 1.165) is 6.26 Å². The van der Waals surface area contributed by atoms with Crippen molar-refractivity contribution in [1.82, 2.24) is 0 Å². The fourth-order valence-corrected chi connectivity index (χ4v) is 1.98. The van der Waals surface area contributed by atoms with Crippen LogP contribution in [0, 0.1) is 0 Å². The molecule has 0 saturated carbocycles. The molecule has 16 heavy (non-hydrogen) atoms. The molecule has 0 aliphatic carbocycles. The Balaban J connectivity index is 3.03. The highest BCUT2D eigenvalue weighted by Gasteiger charge is 2.21. The smallest absolute Gasteiger partial charge is 0.246 e. The fourth-order valence-electron chi connectivity index (χ4n) is 1.35. The first kappa shape index (κ1) is 13.1. The van der Waals surface area contributed by atoms with Gasteiger partial charge in [0, 0.05) is 12.8 Å². The Bertz CT molecular complexity index is 442. The lowest BCUT2D eigenvalue weighted by molar-refractivity contribution is 0.117. The Kier molecular flexibility index (Phi) is 3.98. The zero-order chi connectivity index (χ0) is 12.3. The van der Waals surface area contributed by atoms with Crippen LogP contribution < -0.4 is 5.73 Å². The van der Waals surface area contributed by atoms with E-state index in [9.17, 15) is 17.2 Å². The molecule has 0 spiro atoms. The molecule has 0 heterocycles. The van der Waals surface area contributed by atoms with Gasteiger partial charge in [0.05, 0.1) is 10.8 Å². The SMILES string of the molecule is CS(=O)(=O)c1ccc(C(CN)C(F)F)cc1. The lowest BCUT2D eigenvalue weighted by Crippen LogP contribution is -2.19. The van der Waals surface area contributed by atoms with Gasteiger partial charge in [-0.25, -0.2) is 17.2 Å². The molecular formula is C10H13F2NO2S. The Morgan fingerprint density at radius 1 is 1.25 bits per heavy atom. The summed E-state index contributed by atoms with van der Waals surface area (Å²) in [6.45, 7) is -0.171. The van der Waals surface area contributed by atoms with Crippen LogP contribution in [0.2, 0.25) is 0 Å². The van der Waals surface area contributed by atoms with Crippen LogP contribution in [0.5, 0.6) is 0 Å². The van der Waals surface area contributed by atoms with E-state index in [0.29, 0.717) is 5.56 Å². The number of alkyl halides is 2. The predicted octanol–water partition coefficient (Wildman–Crippen LogP) is 1.40. The van der Waals surface area contributed by atoms with Crippen LogP contribution in [0.4, 0.5) is 8.78 Å². The second-order valence-corrected chi connectivity index (χ2v) is 5.53. The molecule has 1 aromatic rings. The molecule has 2 N–H and O–H groups in total. The maximum atomic E-state index is 12.5. The van der Waals surface area contributed by atoms with Crippen LogP contribution >= 0.6 is 0 Å². The summed E-state index contributed by atoms with van der Waals surface area (Å²) in [7, 11) is -3.29. The normalized spacial score (nSPS) is 14.1. The van der Waals surface area contributed by atoms with E-state index >= 15 is 0 Å². The van der Waals surface area contributed by atoms with Gasteiger partial charge in [0.1, 0.15) is 0 Å². The van der Waals surface area contributed by atoms with Gasteiger partial charge in [-0.2, -0.15) is 0 Å². The Morgan fingerprint density at radius 2 is 1.75 bits per heavy atom. The van der Waals surface area contributed by atoms with Gasteiger partial charge >= 0.3 is 0 Å². The highest BCUT2D eigenvalue weighted by atomic mass is 32.2. The summed E-state index contributed by atoms with van der Waals surface area (Å²) in [4.78, 5) is 0.112. The van der Waals surface area contributed by atoms with E-state index in [-0.39, 0.29) is 11.4 Å². The topological polar surface area (TPSA) is 60.2 Å². The van der Waals surface area contributed by atoms with Crippen LogP contribution in [0.1, 0.15) is 11.5 Å². The predicted molar refractivity (Wildman–Crippen MR) is 57.4 cm³/mol. The number of nitrogens with two attached hydrogens (primary N) is 1. The number of sulfone groups is 1. The summed E-state index contributed by atoms with van der Waals surface area (Å²) in [5.74, 6) is -1.05. The van der Waals surface area contributed by atoms with Crippen molar-refractivity contribution in [3.05, 3.63) is 29.8 Å². The van der Waals surface area contributed by atoms with Crippen molar-refractivity contribution < 1.29 is 17.2 Å². The summed E-state index contributed by atoms with van der Waals surface area (Å²) in [6.07, 6.45) is -1.48. The first-order valence-corrected chi connectivity index (χ1v) is 6.53. The summed E-state index contributed by atoms with van der Waals surface area (Å²) >= 11 is 0. The molecule has 90 valence electrons. The maximum absolute atomic E-state index is 12.5. The highest BCUT2D eigenvalue weighted by molar-refractivity contribution is 7.90. The summed E-state index contributed by atoms with van der Waals surface area (Å²) < 4.78 is 47.3. The number of halogens is 2. The second-order valence-electron chi connectivity index (χ2n) is 3.52. The van der Waals surface area contributed by atoms with Gasteiger partial charge < -0.3 is 5.73 Å². The van der Waals surface area contributed by atoms with E-state index in [4.69, 9.17) is 5.73 Å². The third kappa shape index (κ3) is 2.99. The molecular weight excluding hydrogens is 236 g/mol. The molecule has 0 aliphatic heterocycles. The minimum absolute atomic E-state index is 0.112. The zero-order valence-corrected chi connectivity index (χ0v) is 9.55. The van der Waals surface area contributed by atoms with Gasteiger partial charge in [0.25, 0.3) is 0 Å². The van der Waals surface area contributed by atoms with Crippen molar-refractivity contribution in [1.29, 1.82) is 0 Å². The molecule has 0 amide bonds. The number of benzene rings is 1. The van der Waals surface area contributed by atoms with Gasteiger partial charge in [0.2, 0.25) is 6.43 Å². The first-order chi connectivity index (χ1) is 7.36. The largest absolute Gasteiger partial charge is 0.330 e. The summed E-state index contributed by atoms with van der Waals surface area (Å²) in [6, 6.07) is 5.38. The van der Waals surface area contributed by atoms with Gasteiger partial charge in [-0.15, -0.1) is 0 Å². The fraction of sp³-hybridized carbons (Fsp3) is 0.400. The number of hydrogen-bond donors (Lipinski definition) is 1. The quantitative estimate of drug-likeness (QED) is 0.877. The van der Waals surface area contributed by atoms with Gasteiger partial charge in [-0.3, -0.25) is 0 Å². The third-order valence-corrected chi connectivity index (χ3v) is 3.42. The second kappa shape index (κ2) is 4.88.